The summed E-state index contributed by atoms with van der Waals surface area (Å²) in [5, 5.41) is 0. The smallest absolute Gasteiger partial charge is 0.141 e. The summed E-state index contributed by atoms with van der Waals surface area (Å²) in [4.78, 5) is 13.7. The Labute approximate surface area is 80.1 Å². The second-order valence-electron chi connectivity index (χ2n) is 3.47. The minimum atomic E-state index is 0.119. The highest BCUT2D eigenvalue weighted by Crippen LogP contribution is 2.11. The molecule has 0 radical (unpaired) electrons. The van der Waals surface area contributed by atoms with Gasteiger partial charge in [0, 0.05) is 13.0 Å². The van der Waals surface area contributed by atoms with Crippen LogP contribution in [-0.4, -0.2) is 43.5 Å². The molecule has 0 amide bonds. The van der Waals surface area contributed by atoms with Gasteiger partial charge in [0.1, 0.15) is 5.78 Å². The van der Waals surface area contributed by atoms with Crippen molar-refractivity contribution in [3.63, 3.8) is 0 Å². The lowest BCUT2D eigenvalue weighted by molar-refractivity contribution is -0.131. The van der Waals surface area contributed by atoms with Crippen molar-refractivity contribution < 1.29 is 9.53 Å². The SMILES string of the molecule is CCN(CC)C[C@H]1COCCC1=O. The van der Waals surface area contributed by atoms with E-state index in [1.54, 1.807) is 0 Å². The van der Waals surface area contributed by atoms with E-state index in [0.717, 1.165) is 19.6 Å². The minimum absolute atomic E-state index is 0.119. The maximum Gasteiger partial charge on any atom is 0.141 e. The van der Waals surface area contributed by atoms with Gasteiger partial charge < -0.3 is 9.64 Å². The largest absolute Gasteiger partial charge is 0.380 e. The predicted octanol–water partition coefficient (Wildman–Crippen LogP) is 0.934. The zero-order chi connectivity index (χ0) is 9.68. The first-order valence-corrected chi connectivity index (χ1v) is 5.10. The van der Waals surface area contributed by atoms with Crippen LogP contribution < -0.4 is 0 Å². The highest BCUT2D eigenvalue weighted by molar-refractivity contribution is 5.82. The van der Waals surface area contributed by atoms with Crippen molar-refractivity contribution in [1.82, 2.24) is 4.90 Å². The molecule has 3 heteroatoms. The standard InChI is InChI=1S/C10H19NO2/c1-3-11(4-2)7-9-8-13-6-5-10(9)12/h9H,3-8H2,1-2H3/t9-/m0/s1. The van der Waals surface area contributed by atoms with E-state index in [1.165, 1.54) is 0 Å². The fraction of sp³-hybridized carbons (Fsp3) is 0.900. The molecule has 1 aliphatic heterocycles. The number of nitrogens with zero attached hydrogens (tertiary/aromatic N) is 1. The van der Waals surface area contributed by atoms with E-state index in [1.807, 2.05) is 0 Å². The van der Waals surface area contributed by atoms with E-state index in [2.05, 4.69) is 18.7 Å². The van der Waals surface area contributed by atoms with Crippen molar-refractivity contribution in [3.05, 3.63) is 0 Å². The Bertz CT molecular complexity index is 166. The third-order valence-corrected chi connectivity index (χ3v) is 2.64. The Morgan fingerprint density at radius 1 is 1.46 bits per heavy atom. The molecular formula is C10H19NO2. The van der Waals surface area contributed by atoms with Gasteiger partial charge in [0.2, 0.25) is 0 Å². The molecule has 76 valence electrons. The summed E-state index contributed by atoms with van der Waals surface area (Å²) in [6.45, 7) is 8.38. The average molecular weight is 185 g/mol. The summed E-state index contributed by atoms with van der Waals surface area (Å²) in [5.41, 5.74) is 0. The van der Waals surface area contributed by atoms with Crippen molar-refractivity contribution in [2.45, 2.75) is 20.3 Å². The summed E-state index contributed by atoms with van der Waals surface area (Å²) >= 11 is 0. The normalized spacial score (nSPS) is 23.9. The lowest BCUT2D eigenvalue weighted by Gasteiger charge is -2.26. The first-order valence-electron chi connectivity index (χ1n) is 5.10. The molecule has 0 aliphatic carbocycles. The topological polar surface area (TPSA) is 29.5 Å². The fourth-order valence-corrected chi connectivity index (χ4v) is 1.64. The van der Waals surface area contributed by atoms with Crippen molar-refractivity contribution >= 4 is 5.78 Å². The molecule has 0 saturated carbocycles. The number of rotatable bonds is 4. The fourth-order valence-electron chi connectivity index (χ4n) is 1.64. The van der Waals surface area contributed by atoms with Gasteiger partial charge in [-0.25, -0.2) is 0 Å². The second-order valence-corrected chi connectivity index (χ2v) is 3.47. The molecule has 0 spiro atoms. The van der Waals surface area contributed by atoms with Gasteiger partial charge in [0.05, 0.1) is 19.1 Å². The predicted molar refractivity (Wildman–Crippen MR) is 51.7 cm³/mol. The number of hydrogen-bond acceptors (Lipinski definition) is 3. The van der Waals surface area contributed by atoms with Gasteiger partial charge in [-0.05, 0) is 13.1 Å². The van der Waals surface area contributed by atoms with Crippen LogP contribution in [0, 0.1) is 5.92 Å². The Morgan fingerprint density at radius 3 is 2.69 bits per heavy atom. The van der Waals surface area contributed by atoms with Gasteiger partial charge in [-0.1, -0.05) is 13.8 Å². The molecule has 1 fully saturated rings. The maximum absolute atomic E-state index is 11.5. The average Bonchev–Trinajstić information content (AvgIpc) is 2.17. The summed E-state index contributed by atoms with van der Waals surface area (Å²) in [7, 11) is 0. The van der Waals surface area contributed by atoms with Crippen LogP contribution in [0.25, 0.3) is 0 Å². The van der Waals surface area contributed by atoms with Crippen LogP contribution in [0.4, 0.5) is 0 Å². The highest BCUT2D eigenvalue weighted by atomic mass is 16.5. The third-order valence-electron chi connectivity index (χ3n) is 2.64. The lowest BCUT2D eigenvalue weighted by atomic mass is 10.00. The van der Waals surface area contributed by atoms with Crippen LogP contribution in [0.3, 0.4) is 0 Å². The van der Waals surface area contributed by atoms with Crippen LogP contribution in [0.2, 0.25) is 0 Å². The third kappa shape index (κ3) is 3.08. The van der Waals surface area contributed by atoms with Crippen molar-refractivity contribution in [1.29, 1.82) is 0 Å². The Balaban J connectivity index is 2.36. The summed E-state index contributed by atoms with van der Waals surface area (Å²) in [6.07, 6.45) is 0.603. The molecule has 13 heavy (non-hydrogen) atoms. The zero-order valence-electron chi connectivity index (χ0n) is 8.58. The van der Waals surface area contributed by atoms with E-state index < -0.39 is 0 Å². The lowest BCUT2D eigenvalue weighted by Crippen LogP contribution is -2.38. The van der Waals surface area contributed by atoms with Crippen LogP contribution in [0.1, 0.15) is 20.3 Å². The summed E-state index contributed by atoms with van der Waals surface area (Å²) in [6, 6.07) is 0. The molecule has 0 aromatic carbocycles. The van der Waals surface area contributed by atoms with Crippen molar-refractivity contribution in [3.8, 4) is 0 Å². The molecule has 0 aromatic rings. The number of ketones is 1. The Hall–Kier alpha value is -0.410. The first-order chi connectivity index (χ1) is 6.27. The highest BCUT2D eigenvalue weighted by Gasteiger charge is 2.23. The molecule has 1 atom stereocenters. The Morgan fingerprint density at radius 2 is 2.15 bits per heavy atom. The quantitative estimate of drug-likeness (QED) is 0.652. The second kappa shape index (κ2) is 5.35. The van der Waals surface area contributed by atoms with Gasteiger partial charge in [0.15, 0.2) is 0 Å². The zero-order valence-corrected chi connectivity index (χ0v) is 8.58. The molecule has 1 aliphatic rings. The molecule has 3 nitrogen and oxygen atoms in total. The van der Waals surface area contributed by atoms with E-state index in [9.17, 15) is 4.79 Å². The molecule has 0 unspecified atom stereocenters. The molecule has 0 N–H and O–H groups in total. The van der Waals surface area contributed by atoms with Gasteiger partial charge >= 0.3 is 0 Å². The van der Waals surface area contributed by atoms with Gasteiger partial charge in [-0.3, -0.25) is 4.79 Å². The number of hydrogen-bond donors (Lipinski definition) is 0. The van der Waals surface area contributed by atoms with Crippen LogP contribution in [0.15, 0.2) is 0 Å². The van der Waals surface area contributed by atoms with E-state index >= 15 is 0 Å². The van der Waals surface area contributed by atoms with Gasteiger partial charge in [-0.15, -0.1) is 0 Å². The van der Waals surface area contributed by atoms with Crippen molar-refractivity contribution in [2.75, 3.05) is 32.8 Å². The first kappa shape index (κ1) is 10.7. The summed E-state index contributed by atoms with van der Waals surface area (Å²) < 4.78 is 5.29. The van der Waals surface area contributed by atoms with Gasteiger partial charge in [-0.2, -0.15) is 0 Å². The molecule has 0 bridgehead atoms. The molecule has 1 heterocycles. The number of ether oxygens (including phenoxy) is 1. The van der Waals surface area contributed by atoms with Crippen LogP contribution >= 0.6 is 0 Å². The van der Waals surface area contributed by atoms with Crippen LogP contribution in [-0.2, 0) is 9.53 Å². The monoisotopic (exact) mass is 185 g/mol. The number of Topliss-reactive ketones (excluding diaryl/α,β-unsaturated/α-hetero) is 1. The molecule has 1 saturated heterocycles. The Kier molecular flexibility index (Phi) is 4.39. The minimum Gasteiger partial charge on any atom is -0.380 e. The molecule has 1 rings (SSSR count). The number of carbonyl (C=O) groups excluding carboxylic acids is 1. The van der Waals surface area contributed by atoms with E-state index in [0.29, 0.717) is 25.4 Å². The maximum atomic E-state index is 11.5. The number of carbonyl (C=O) groups is 1. The molecule has 0 aromatic heterocycles. The van der Waals surface area contributed by atoms with E-state index in [-0.39, 0.29) is 5.92 Å². The van der Waals surface area contributed by atoms with Crippen molar-refractivity contribution in [2.24, 2.45) is 5.92 Å². The summed E-state index contributed by atoms with van der Waals surface area (Å²) in [5.74, 6) is 0.492. The van der Waals surface area contributed by atoms with Crippen LogP contribution in [0.5, 0.6) is 0 Å². The van der Waals surface area contributed by atoms with Gasteiger partial charge in [0.25, 0.3) is 0 Å². The van der Waals surface area contributed by atoms with E-state index in [4.69, 9.17) is 4.74 Å². The molecular weight excluding hydrogens is 166 g/mol.